The number of ether oxygens (including phenoxy) is 3. The lowest BCUT2D eigenvalue weighted by atomic mass is 9.96. The molecule has 0 aromatic carbocycles. The Labute approximate surface area is 186 Å². The zero-order valence-corrected chi connectivity index (χ0v) is 18.2. The smallest absolute Gasteiger partial charge is 0.222 e. The summed E-state index contributed by atoms with van der Waals surface area (Å²) in [7, 11) is 0. The Morgan fingerprint density at radius 2 is 1.47 bits per heavy atom. The first kappa shape index (κ1) is 27.3. The fourth-order valence-electron chi connectivity index (χ4n) is 3.83. The second-order valence-electron chi connectivity index (χ2n) is 8.29. The molecular formula is C20H37NO11. The molecule has 2 heterocycles. The molecule has 0 aromatic heterocycles. The predicted molar refractivity (Wildman–Crippen MR) is 108 cm³/mol. The van der Waals surface area contributed by atoms with Crippen molar-refractivity contribution >= 4 is 5.91 Å². The number of rotatable bonds is 11. The summed E-state index contributed by atoms with van der Waals surface area (Å²) in [6.07, 6.45) is -10.0. The minimum atomic E-state index is -1.73. The normalized spacial score (nSPS) is 40.2. The van der Waals surface area contributed by atoms with Gasteiger partial charge in [0.1, 0.15) is 48.8 Å². The molecule has 32 heavy (non-hydrogen) atoms. The van der Waals surface area contributed by atoms with Crippen molar-refractivity contribution in [1.29, 1.82) is 0 Å². The number of carbonyl (C=O) groups is 1. The summed E-state index contributed by atoms with van der Waals surface area (Å²) in [5.41, 5.74) is 0. The van der Waals surface area contributed by atoms with Crippen LogP contribution in [0.3, 0.4) is 0 Å². The fraction of sp³-hybridized carbons (Fsp3) is 0.950. The molecule has 0 radical (unpaired) electrons. The maximum absolute atomic E-state index is 12.2. The number of aliphatic hydroxyl groups excluding tert-OH is 7. The Bertz CT molecular complexity index is 564. The van der Waals surface area contributed by atoms with Gasteiger partial charge in [0, 0.05) is 6.42 Å². The summed E-state index contributed by atoms with van der Waals surface area (Å²) < 4.78 is 16.2. The van der Waals surface area contributed by atoms with Gasteiger partial charge in [0.25, 0.3) is 0 Å². The standard InChI is InChI=1S/C20H37NO11/c1-2-3-4-5-6-7-12(24)21-19-16(28)15(27)18(11(9-23)30-19)32-20-17(29)14(26)13(25)10(8-22)31-20/h10-11,13-20,22-23,25-29H,2-9H2,1H3,(H,21,24)/t10-,11-,13+,14+,15-,16-,17-,18-,19-,20+/m1/s1. The first-order chi connectivity index (χ1) is 15.2. The first-order valence-corrected chi connectivity index (χ1v) is 11.1. The topological polar surface area (TPSA) is 198 Å². The van der Waals surface area contributed by atoms with E-state index in [0.717, 1.165) is 25.7 Å². The van der Waals surface area contributed by atoms with Crippen molar-refractivity contribution in [3.05, 3.63) is 0 Å². The van der Waals surface area contributed by atoms with Crippen LogP contribution in [-0.4, -0.2) is 116 Å². The zero-order valence-electron chi connectivity index (χ0n) is 18.2. The van der Waals surface area contributed by atoms with Crippen LogP contribution >= 0.6 is 0 Å². The Morgan fingerprint density at radius 1 is 0.812 bits per heavy atom. The fourth-order valence-corrected chi connectivity index (χ4v) is 3.83. The lowest BCUT2D eigenvalue weighted by molar-refractivity contribution is -0.343. The number of aliphatic hydroxyl groups is 7. The Morgan fingerprint density at radius 3 is 2.09 bits per heavy atom. The van der Waals surface area contributed by atoms with Crippen molar-refractivity contribution in [2.75, 3.05) is 13.2 Å². The molecule has 0 aromatic rings. The molecule has 2 saturated heterocycles. The van der Waals surface area contributed by atoms with Gasteiger partial charge in [0.15, 0.2) is 12.5 Å². The van der Waals surface area contributed by atoms with Crippen LogP contribution in [-0.2, 0) is 19.0 Å². The predicted octanol–water partition coefficient (Wildman–Crippen LogP) is -2.91. The van der Waals surface area contributed by atoms with Crippen LogP contribution < -0.4 is 5.32 Å². The van der Waals surface area contributed by atoms with Crippen LogP contribution in [0.25, 0.3) is 0 Å². The molecule has 0 aliphatic carbocycles. The van der Waals surface area contributed by atoms with Crippen molar-refractivity contribution < 1.29 is 54.8 Å². The van der Waals surface area contributed by atoms with Crippen molar-refractivity contribution in [3.8, 4) is 0 Å². The molecule has 2 rings (SSSR count). The van der Waals surface area contributed by atoms with E-state index in [0.29, 0.717) is 6.42 Å². The molecule has 0 bridgehead atoms. The van der Waals surface area contributed by atoms with Gasteiger partial charge >= 0.3 is 0 Å². The van der Waals surface area contributed by atoms with Gasteiger partial charge in [-0.15, -0.1) is 0 Å². The van der Waals surface area contributed by atoms with Gasteiger partial charge < -0.3 is 55.3 Å². The SMILES string of the molecule is CCCCCCCC(=O)N[C@@H]1O[C@H](CO)[C@@H](O[C@@H]2O[C@H](CO)[C@H](O)[C@H](O)[C@H]2O)[C@H](O)[C@H]1O. The van der Waals surface area contributed by atoms with E-state index in [1.165, 1.54) is 0 Å². The minimum absolute atomic E-state index is 0.223. The minimum Gasteiger partial charge on any atom is -0.394 e. The number of hydrogen-bond donors (Lipinski definition) is 8. The van der Waals surface area contributed by atoms with Crippen LogP contribution in [0.5, 0.6) is 0 Å². The van der Waals surface area contributed by atoms with E-state index in [2.05, 4.69) is 12.2 Å². The summed E-state index contributed by atoms with van der Waals surface area (Å²) in [6.45, 7) is 0.758. The third kappa shape index (κ3) is 6.79. The van der Waals surface area contributed by atoms with Crippen molar-refractivity contribution in [3.63, 3.8) is 0 Å². The Hall–Kier alpha value is -0.930. The van der Waals surface area contributed by atoms with Crippen molar-refractivity contribution in [2.24, 2.45) is 0 Å². The van der Waals surface area contributed by atoms with Crippen molar-refractivity contribution in [1.82, 2.24) is 5.32 Å². The van der Waals surface area contributed by atoms with Crippen LogP contribution in [0.1, 0.15) is 45.4 Å². The number of nitrogens with one attached hydrogen (secondary N) is 1. The third-order valence-corrected chi connectivity index (χ3v) is 5.81. The average molecular weight is 468 g/mol. The summed E-state index contributed by atoms with van der Waals surface area (Å²) in [6, 6.07) is 0. The molecule has 2 aliphatic heterocycles. The first-order valence-electron chi connectivity index (χ1n) is 11.1. The van der Waals surface area contributed by atoms with Crippen LogP contribution in [0.4, 0.5) is 0 Å². The van der Waals surface area contributed by atoms with Crippen LogP contribution in [0.2, 0.25) is 0 Å². The molecule has 12 heteroatoms. The average Bonchev–Trinajstić information content (AvgIpc) is 2.78. The highest BCUT2D eigenvalue weighted by atomic mass is 16.7. The molecule has 0 unspecified atom stereocenters. The summed E-state index contributed by atoms with van der Waals surface area (Å²) in [4.78, 5) is 12.2. The van der Waals surface area contributed by atoms with Gasteiger partial charge in [-0.2, -0.15) is 0 Å². The maximum atomic E-state index is 12.2. The van der Waals surface area contributed by atoms with Crippen LogP contribution in [0, 0.1) is 0 Å². The second-order valence-corrected chi connectivity index (χ2v) is 8.29. The monoisotopic (exact) mass is 467 g/mol. The van der Waals surface area contributed by atoms with E-state index >= 15 is 0 Å². The highest BCUT2D eigenvalue weighted by molar-refractivity contribution is 5.76. The number of amides is 1. The molecule has 2 fully saturated rings. The number of unbranched alkanes of at least 4 members (excludes halogenated alkanes) is 4. The van der Waals surface area contributed by atoms with Crippen LogP contribution in [0.15, 0.2) is 0 Å². The molecule has 8 N–H and O–H groups in total. The molecule has 0 spiro atoms. The zero-order chi connectivity index (χ0) is 23.8. The van der Waals surface area contributed by atoms with E-state index in [1.807, 2.05) is 0 Å². The van der Waals surface area contributed by atoms with E-state index in [1.54, 1.807) is 0 Å². The lowest BCUT2D eigenvalue weighted by Crippen LogP contribution is -2.66. The molecule has 12 nitrogen and oxygen atoms in total. The molecular weight excluding hydrogens is 430 g/mol. The maximum Gasteiger partial charge on any atom is 0.222 e. The Kier molecular flexibility index (Phi) is 11.2. The van der Waals surface area contributed by atoms with Gasteiger partial charge in [-0.25, -0.2) is 0 Å². The van der Waals surface area contributed by atoms with E-state index in [9.17, 15) is 40.5 Å². The molecule has 2 aliphatic rings. The number of hydrogen-bond acceptors (Lipinski definition) is 11. The van der Waals surface area contributed by atoms with Gasteiger partial charge in [0.05, 0.1) is 13.2 Å². The molecule has 10 atom stereocenters. The van der Waals surface area contributed by atoms with E-state index < -0.39 is 74.6 Å². The Balaban J connectivity index is 1.96. The largest absolute Gasteiger partial charge is 0.394 e. The second kappa shape index (κ2) is 13.1. The van der Waals surface area contributed by atoms with Gasteiger partial charge in [-0.1, -0.05) is 32.6 Å². The summed E-state index contributed by atoms with van der Waals surface area (Å²) in [5.74, 6) is -0.372. The molecule has 188 valence electrons. The molecule has 0 saturated carbocycles. The quantitative estimate of drug-likeness (QED) is 0.145. The van der Waals surface area contributed by atoms with Gasteiger partial charge in [-0.3, -0.25) is 4.79 Å². The summed E-state index contributed by atoms with van der Waals surface area (Å²) >= 11 is 0. The van der Waals surface area contributed by atoms with Gasteiger partial charge in [-0.05, 0) is 6.42 Å². The van der Waals surface area contributed by atoms with E-state index in [-0.39, 0.29) is 12.3 Å². The lowest BCUT2D eigenvalue weighted by Gasteiger charge is -2.46. The van der Waals surface area contributed by atoms with Gasteiger partial charge in [0.2, 0.25) is 5.91 Å². The highest BCUT2D eigenvalue weighted by Crippen LogP contribution is 2.28. The summed E-state index contributed by atoms with van der Waals surface area (Å²) in [5, 5.41) is 72.3. The highest BCUT2D eigenvalue weighted by Gasteiger charge is 2.50. The number of carbonyl (C=O) groups excluding carboxylic acids is 1. The van der Waals surface area contributed by atoms with Crippen molar-refractivity contribution in [2.45, 2.75) is 107 Å². The molecule has 1 amide bonds. The third-order valence-electron chi connectivity index (χ3n) is 5.81. The van der Waals surface area contributed by atoms with E-state index in [4.69, 9.17) is 14.2 Å².